The second-order valence-corrected chi connectivity index (χ2v) is 4.23. The van der Waals surface area contributed by atoms with Crippen LogP contribution in [-0.2, 0) is 6.54 Å². The molecule has 2 unspecified atom stereocenters. The molecule has 0 aromatic carbocycles. The van der Waals surface area contributed by atoms with E-state index in [0.717, 1.165) is 25.1 Å². The summed E-state index contributed by atoms with van der Waals surface area (Å²) >= 11 is 0. The highest BCUT2D eigenvalue weighted by molar-refractivity contribution is 4.99. The molecule has 2 atom stereocenters. The zero-order chi connectivity index (χ0) is 11.3. The summed E-state index contributed by atoms with van der Waals surface area (Å²) in [7, 11) is 0. The Kier molecular flexibility index (Phi) is 4.82. The largest absolute Gasteiger partial charge is 0.309 e. The molecule has 0 radical (unpaired) electrons. The van der Waals surface area contributed by atoms with E-state index in [2.05, 4.69) is 50.4 Å². The summed E-state index contributed by atoms with van der Waals surface area (Å²) in [5, 5.41) is 7.98. The van der Waals surface area contributed by atoms with E-state index < -0.39 is 0 Å². The topological polar surface area (TPSA) is 29.9 Å². The lowest BCUT2D eigenvalue weighted by Crippen LogP contribution is -2.24. The summed E-state index contributed by atoms with van der Waals surface area (Å²) in [5.74, 6) is 0. The van der Waals surface area contributed by atoms with E-state index in [-0.39, 0.29) is 0 Å². The van der Waals surface area contributed by atoms with Crippen molar-refractivity contribution in [3.05, 3.63) is 18.0 Å². The lowest BCUT2D eigenvalue weighted by Gasteiger charge is -2.10. The number of hydrogen-bond donors (Lipinski definition) is 1. The SMILES string of the molecule is CCC(C)NCc1ccn(C(C)CC)n1. The Morgan fingerprint density at radius 3 is 2.67 bits per heavy atom. The molecule has 0 amide bonds. The Morgan fingerprint density at radius 1 is 1.33 bits per heavy atom. The molecule has 0 aliphatic rings. The van der Waals surface area contributed by atoms with E-state index in [1.165, 1.54) is 0 Å². The first-order chi connectivity index (χ1) is 7.17. The molecule has 0 aliphatic heterocycles. The number of hydrogen-bond acceptors (Lipinski definition) is 2. The van der Waals surface area contributed by atoms with Crippen molar-refractivity contribution in [2.45, 2.75) is 59.2 Å². The van der Waals surface area contributed by atoms with Crippen LogP contribution in [0.25, 0.3) is 0 Å². The van der Waals surface area contributed by atoms with Gasteiger partial charge in [0.15, 0.2) is 0 Å². The van der Waals surface area contributed by atoms with Gasteiger partial charge in [-0.1, -0.05) is 13.8 Å². The molecule has 0 fully saturated rings. The first-order valence-electron chi connectivity index (χ1n) is 5.94. The van der Waals surface area contributed by atoms with Crippen molar-refractivity contribution in [2.24, 2.45) is 0 Å². The maximum Gasteiger partial charge on any atom is 0.0762 e. The third kappa shape index (κ3) is 3.67. The van der Waals surface area contributed by atoms with Gasteiger partial charge in [0.1, 0.15) is 0 Å². The second-order valence-electron chi connectivity index (χ2n) is 4.23. The van der Waals surface area contributed by atoms with Crippen LogP contribution in [0.3, 0.4) is 0 Å². The van der Waals surface area contributed by atoms with E-state index in [4.69, 9.17) is 0 Å². The molecule has 15 heavy (non-hydrogen) atoms. The highest BCUT2D eigenvalue weighted by atomic mass is 15.3. The summed E-state index contributed by atoms with van der Waals surface area (Å²) in [4.78, 5) is 0. The fraction of sp³-hybridized carbons (Fsp3) is 0.750. The minimum absolute atomic E-state index is 0.502. The van der Waals surface area contributed by atoms with Crippen LogP contribution in [0, 0.1) is 0 Å². The van der Waals surface area contributed by atoms with Crippen LogP contribution >= 0.6 is 0 Å². The highest BCUT2D eigenvalue weighted by Gasteiger charge is 2.05. The van der Waals surface area contributed by atoms with Crippen molar-refractivity contribution in [1.82, 2.24) is 15.1 Å². The van der Waals surface area contributed by atoms with Crippen molar-refractivity contribution < 1.29 is 0 Å². The molecule has 1 aromatic rings. The Balaban J connectivity index is 2.46. The molecule has 1 aromatic heterocycles. The summed E-state index contributed by atoms with van der Waals surface area (Å²) in [6.45, 7) is 9.64. The van der Waals surface area contributed by atoms with Crippen LogP contribution in [0.2, 0.25) is 0 Å². The first-order valence-corrected chi connectivity index (χ1v) is 5.94. The number of nitrogens with zero attached hydrogens (tertiary/aromatic N) is 2. The standard InChI is InChI=1S/C12H23N3/c1-5-10(3)13-9-12-7-8-15(14-12)11(4)6-2/h7-8,10-11,13H,5-6,9H2,1-4H3. The normalized spacial score (nSPS) is 15.2. The summed E-state index contributed by atoms with van der Waals surface area (Å²) in [6, 6.07) is 3.17. The second kappa shape index (κ2) is 5.91. The summed E-state index contributed by atoms with van der Waals surface area (Å²) in [6.07, 6.45) is 4.35. The lowest BCUT2D eigenvalue weighted by atomic mass is 10.2. The molecule has 3 nitrogen and oxygen atoms in total. The third-order valence-electron chi connectivity index (χ3n) is 2.95. The van der Waals surface area contributed by atoms with Crippen molar-refractivity contribution in [1.29, 1.82) is 0 Å². The van der Waals surface area contributed by atoms with Gasteiger partial charge < -0.3 is 5.32 Å². The predicted octanol–water partition coefficient (Wildman–Crippen LogP) is 2.74. The predicted molar refractivity (Wildman–Crippen MR) is 63.8 cm³/mol. The van der Waals surface area contributed by atoms with Crippen LogP contribution in [0.4, 0.5) is 0 Å². The minimum Gasteiger partial charge on any atom is -0.309 e. The minimum atomic E-state index is 0.502. The number of aromatic nitrogens is 2. The molecule has 1 N–H and O–H groups in total. The quantitative estimate of drug-likeness (QED) is 0.780. The maximum absolute atomic E-state index is 4.54. The highest BCUT2D eigenvalue weighted by Crippen LogP contribution is 2.09. The van der Waals surface area contributed by atoms with Gasteiger partial charge in [0.2, 0.25) is 0 Å². The van der Waals surface area contributed by atoms with Crippen LogP contribution in [0.5, 0.6) is 0 Å². The smallest absolute Gasteiger partial charge is 0.0762 e. The average molecular weight is 209 g/mol. The number of nitrogens with one attached hydrogen (secondary N) is 1. The van der Waals surface area contributed by atoms with Crippen molar-refractivity contribution in [3.63, 3.8) is 0 Å². The molecule has 0 saturated heterocycles. The Hall–Kier alpha value is -0.830. The van der Waals surface area contributed by atoms with Gasteiger partial charge in [0, 0.05) is 24.8 Å². The average Bonchev–Trinajstić information content (AvgIpc) is 2.73. The molecule has 0 bridgehead atoms. The molecule has 0 saturated carbocycles. The van der Waals surface area contributed by atoms with Gasteiger partial charge >= 0.3 is 0 Å². The van der Waals surface area contributed by atoms with Crippen molar-refractivity contribution in [2.75, 3.05) is 0 Å². The Bertz CT molecular complexity index is 280. The molecule has 3 heteroatoms. The van der Waals surface area contributed by atoms with Crippen molar-refractivity contribution >= 4 is 0 Å². The molecule has 0 aliphatic carbocycles. The fourth-order valence-electron chi connectivity index (χ4n) is 1.33. The molecule has 0 spiro atoms. The van der Waals surface area contributed by atoms with Gasteiger partial charge in [-0.15, -0.1) is 0 Å². The zero-order valence-electron chi connectivity index (χ0n) is 10.3. The molecular formula is C12H23N3. The zero-order valence-corrected chi connectivity index (χ0v) is 10.3. The van der Waals surface area contributed by atoms with Crippen LogP contribution in [0.1, 0.15) is 52.3 Å². The number of rotatable bonds is 6. The van der Waals surface area contributed by atoms with E-state index in [1.54, 1.807) is 0 Å². The van der Waals surface area contributed by atoms with E-state index in [9.17, 15) is 0 Å². The first kappa shape index (κ1) is 12.2. The maximum atomic E-state index is 4.54. The van der Waals surface area contributed by atoms with E-state index in [0.29, 0.717) is 12.1 Å². The lowest BCUT2D eigenvalue weighted by molar-refractivity contribution is 0.466. The van der Waals surface area contributed by atoms with E-state index >= 15 is 0 Å². The van der Waals surface area contributed by atoms with Gasteiger partial charge in [0.05, 0.1) is 5.69 Å². The molecule has 1 rings (SSSR count). The Morgan fingerprint density at radius 2 is 2.07 bits per heavy atom. The summed E-state index contributed by atoms with van der Waals surface area (Å²) in [5.41, 5.74) is 1.13. The van der Waals surface area contributed by atoms with Gasteiger partial charge in [-0.2, -0.15) is 5.10 Å². The van der Waals surface area contributed by atoms with Gasteiger partial charge in [-0.05, 0) is 32.8 Å². The fourth-order valence-corrected chi connectivity index (χ4v) is 1.33. The molecule has 1 heterocycles. The van der Waals surface area contributed by atoms with Gasteiger partial charge in [0.25, 0.3) is 0 Å². The Labute approximate surface area is 92.9 Å². The third-order valence-corrected chi connectivity index (χ3v) is 2.95. The van der Waals surface area contributed by atoms with Crippen LogP contribution in [0.15, 0.2) is 12.3 Å². The van der Waals surface area contributed by atoms with Crippen LogP contribution in [-0.4, -0.2) is 15.8 Å². The van der Waals surface area contributed by atoms with E-state index in [1.807, 2.05) is 4.68 Å². The molecular weight excluding hydrogens is 186 g/mol. The monoisotopic (exact) mass is 209 g/mol. The summed E-state index contributed by atoms with van der Waals surface area (Å²) < 4.78 is 2.05. The van der Waals surface area contributed by atoms with Crippen LogP contribution < -0.4 is 5.32 Å². The van der Waals surface area contributed by atoms with Gasteiger partial charge in [-0.25, -0.2) is 0 Å². The molecule has 86 valence electrons. The van der Waals surface area contributed by atoms with Gasteiger partial charge in [-0.3, -0.25) is 4.68 Å². The van der Waals surface area contributed by atoms with Crippen molar-refractivity contribution in [3.8, 4) is 0 Å².